The Morgan fingerprint density at radius 3 is 2.66 bits per heavy atom. The van der Waals surface area contributed by atoms with Gasteiger partial charge in [-0.05, 0) is 48.6 Å². The summed E-state index contributed by atoms with van der Waals surface area (Å²) in [7, 11) is 0. The minimum Gasteiger partial charge on any atom is -0.398 e. The molecule has 4 rings (SSSR count). The van der Waals surface area contributed by atoms with Gasteiger partial charge < -0.3 is 22.5 Å². The van der Waals surface area contributed by atoms with Crippen LogP contribution in [0.3, 0.4) is 0 Å². The Morgan fingerprint density at radius 1 is 1.21 bits per heavy atom. The Morgan fingerprint density at radius 2 is 1.97 bits per heavy atom. The average Bonchev–Trinajstić information content (AvgIpc) is 2.90. The van der Waals surface area contributed by atoms with Crippen LogP contribution in [0.1, 0.15) is 59.7 Å². The Kier molecular flexibility index (Phi) is 8.68. The van der Waals surface area contributed by atoms with Crippen molar-refractivity contribution in [3.8, 4) is 0 Å². The molecule has 2 aromatic carbocycles. The molecule has 10 nitrogen and oxygen atoms in total. The van der Waals surface area contributed by atoms with Crippen molar-refractivity contribution in [1.82, 2.24) is 30.3 Å². The van der Waals surface area contributed by atoms with E-state index in [9.17, 15) is 4.79 Å². The molecule has 0 spiro atoms. The maximum atomic E-state index is 12.0. The summed E-state index contributed by atoms with van der Waals surface area (Å²) in [6.45, 7) is 9.63. The van der Waals surface area contributed by atoms with Gasteiger partial charge >= 0.3 is 0 Å². The predicted molar refractivity (Wildman–Crippen MR) is 151 cm³/mol. The molecule has 1 aliphatic rings. The lowest BCUT2D eigenvalue weighted by atomic mass is 9.92. The molecular formula is C28H40N9O+. The van der Waals surface area contributed by atoms with Gasteiger partial charge in [-0.1, -0.05) is 26.0 Å². The van der Waals surface area contributed by atoms with Crippen molar-refractivity contribution in [2.24, 2.45) is 17.4 Å². The van der Waals surface area contributed by atoms with Crippen molar-refractivity contribution in [2.75, 3.05) is 31.9 Å². The second-order valence-corrected chi connectivity index (χ2v) is 10.5. The van der Waals surface area contributed by atoms with E-state index in [1.807, 2.05) is 30.3 Å². The first-order valence-electron chi connectivity index (χ1n) is 13.2. The minimum atomic E-state index is -0.450. The van der Waals surface area contributed by atoms with Gasteiger partial charge in [0.25, 0.3) is 0 Å². The number of aromatic nitrogens is 3. The molecule has 0 radical (unpaired) electrons. The number of nitrogens with zero attached hydrogens (tertiary/aromatic N) is 4. The number of carbonyl (C=O) groups excluding carboxylic acids is 1. The number of benzene rings is 2. The molecule has 202 valence electrons. The molecule has 2 heterocycles. The van der Waals surface area contributed by atoms with Crippen LogP contribution in [0.15, 0.2) is 49.1 Å². The van der Waals surface area contributed by atoms with Gasteiger partial charge in [0.05, 0.1) is 6.04 Å². The number of nitrogen functional groups attached to an aromatic ring is 1. The summed E-state index contributed by atoms with van der Waals surface area (Å²) in [6, 6.07) is 11.8. The Bertz CT molecular complexity index is 1250. The van der Waals surface area contributed by atoms with Gasteiger partial charge in [0.1, 0.15) is 31.6 Å². The van der Waals surface area contributed by atoms with Crippen molar-refractivity contribution in [3.05, 3.63) is 77.1 Å². The number of hydrogen-bond acceptors (Lipinski definition) is 8. The molecule has 0 saturated carbocycles. The third kappa shape index (κ3) is 6.16. The number of quaternary nitrogens is 1. The van der Waals surface area contributed by atoms with E-state index in [0.717, 1.165) is 54.1 Å². The number of nitrogens with two attached hydrogens (primary N) is 3. The first-order valence-corrected chi connectivity index (χ1v) is 13.2. The number of carbonyl (C=O) groups is 1. The smallest absolute Gasteiger partial charge is 0.248 e. The van der Waals surface area contributed by atoms with E-state index in [-0.39, 0.29) is 12.0 Å². The first kappa shape index (κ1) is 27.6. The molecule has 3 atom stereocenters. The molecule has 1 aliphatic heterocycles. The molecule has 1 amide bonds. The van der Waals surface area contributed by atoms with E-state index in [4.69, 9.17) is 17.2 Å². The van der Waals surface area contributed by atoms with Gasteiger partial charge in [-0.15, -0.1) is 0 Å². The standard InChI is InChI=1S/C28H39N9O/c1-18(2)27(30)23-13-21(28(31)38)7-8-25(23)37(12-11-33-19(3)15-37)36-10-9-20-5-4-6-24(29)22(20)14-26-34-16-32-17-35-26/h4-8,13,16-19,27,33,36H,9-12,14-15,29-30H2,1-3H3,(H-,31,38)/p+1. The molecule has 0 bridgehead atoms. The van der Waals surface area contributed by atoms with Crippen LogP contribution in [0.5, 0.6) is 0 Å². The highest BCUT2D eigenvalue weighted by molar-refractivity contribution is 5.93. The highest BCUT2D eigenvalue weighted by Gasteiger charge is 2.39. The zero-order valence-corrected chi connectivity index (χ0v) is 22.5. The quantitative estimate of drug-likeness (QED) is 0.201. The highest BCUT2D eigenvalue weighted by Crippen LogP contribution is 2.34. The maximum absolute atomic E-state index is 12.0. The zero-order chi connectivity index (χ0) is 27.3. The SMILES string of the molecule is CC1C[N+](NCCc2cccc(N)c2Cc2ncncn2)(c2ccc(C(N)=O)cc2C(N)C(C)C)CCN1. The van der Waals surface area contributed by atoms with Crippen molar-refractivity contribution in [3.63, 3.8) is 0 Å². The Balaban J connectivity index is 1.64. The second-order valence-electron chi connectivity index (χ2n) is 10.5. The zero-order valence-electron chi connectivity index (χ0n) is 22.5. The summed E-state index contributed by atoms with van der Waals surface area (Å²) < 4.78 is 0.564. The maximum Gasteiger partial charge on any atom is 0.248 e. The van der Waals surface area contributed by atoms with Crippen LogP contribution in [0, 0.1) is 5.92 Å². The van der Waals surface area contributed by atoms with Crippen LogP contribution in [0.4, 0.5) is 11.4 Å². The number of piperazine rings is 1. The fourth-order valence-corrected chi connectivity index (χ4v) is 5.32. The molecule has 38 heavy (non-hydrogen) atoms. The van der Waals surface area contributed by atoms with E-state index in [1.165, 1.54) is 12.7 Å². The second kappa shape index (κ2) is 12.0. The van der Waals surface area contributed by atoms with E-state index in [1.54, 1.807) is 0 Å². The Labute approximate surface area is 224 Å². The van der Waals surface area contributed by atoms with Crippen molar-refractivity contribution >= 4 is 17.3 Å². The lowest BCUT2D eigenvalue weighted by Gasteiger charge is -2.44. The van der Waals surface area contributed by atoms with Gasteiger partial charge in [0, 0.05) is 48.4 Å². The highest BCUT2D eigenvalue weighted by atomic mass is 16.1. The van der Waals surface area contributed by atoms with Crippen LogP contribution in [-0.4, -0.2) is 53.1 Å². The van der Waals surface area contributed by atoms with Crippen LogP contribution in [0.2, 0.25) is 0 Å². The van der Waals surface area contributed by atoms with E-state index in [2.05, 4.69) is 52.5 Å². The number of rotatable bonds is 10. The molecule has 8 N–H and O–H groups in total. The summed E-state index contributed by atoms with van der Waals surface area (Å²) in [6.07, 6.45) is 4.34. The fourth-order valence-electron chi connectivity index (χ4n) is 5.32. The third-order valence-electron chi connectivity index (χ3n) is 7.42. The average molecular weight is 519 g/mol. The summed E-state index contributed by atoms with van der Waals surface area (Å²) in [5.74, 6) is 0.435. The number of amides is 1. The van der Waals surface area contributed by atoms with Crippen molar-refractivity contribution in [2.45, 2.75) is 45.7 Å². The van der Waals surface area contributed by atoms with Gasteiger partial charge in [-0.3, -0.25) is 4.79 Å². The summed E-state index contributed by atoms with van der Waals surface area (Å²) >= 11 is 0. The van der Waals surface area contributed by atoms with Crippen molar-refractivity contribution in [1.29, 1.82) is 0 Å². The number of anilines is 1. The summed E-state index contributed by atoms with van der Waals surface area (Å²) in [4.78, 5) is 24.5. The van der Waals surface area contributed by atoms with Crippen LogP contribution in [0.25, 0.3) is 0 Å². The van der Waals surface area contributed by atoms with Crippen LogP contribution < -0.4 is 32.5 Å². The lowest BCUT2D eigenvalue weighted by Crippen LogP contribution is -2.70. The lowest BCUT2D eigenvalue weighted by molar-refractivity contribution is 0.0999. The van der Waals surface area contributed by atoms with Gasteiger partial charge in [0.2, 0.25) is 5.91 Å². The van der Waals surface area contributed by atoms with Gasteiger partial charge in [-0.2, -0.15) is 5.43 Å². The van der Waals surface area contributed by atoms with Crippen LogP contribution in [-0.2, 0) is 12.8 Å². The minimum absolute atomic E-state index is 0.197. The normalized spacial score (nSPS) is 20.4. The van der Waals surface area contributed by atoms with E-state index >= 15 is 0 Å². The predicted octanol–water partition coefficient (Wildman–Crippen LogP) is 1.85. The first-order chi connectivity index (χ1) is 18.2. The largest absolute Gasteiger partial charge is 0.398 e. The molecule has 1 aromatic heterocycles. The monoisotopic (exact) mass is 518 g/mol. The van der Waals surface area contributed by atoms with Gasteiger partial charge in [0.15, 0.2) is 5.69 Å². The molecule has 1 saturated heterocycles. The number of nitrogens with one attached hydrogen (secondary N) is 2. The molecule has 0 aliphatic carbocycles. The molecular weight excluding hydrogens is 478 g/mol. The molecule has 10 heteroatoms. The summed E-state index contributed by atoms with van der Waals surface area (Å²) in [5, 5.41) is 3.56. The molecule has 3 unspecified atom stereocenters. The number of hydrogen-bond donors (Lipinski definition) is 5. The third-order valence-corrected chi connectivity index (χ3v) is 7.42. The summed E-state index contributed by atoms with van der Waals surface area (Å²) in [5.41, 5.74) is 28.0. The fraction of sp³-hybridized carbons (Fsp3) is 0.429. The topological polar surface area (TPSA) is 158 Å². The van der Waals surface area contributed by atoms with Crippen LogP contribution >= 0.6 is 0 Å². The molecule has 3 aromatic rings. The van der Waals surface area contributed by atoms with Gasteiger partial charge in [-0.25, -0.2) is 19.5 Å². The van der Waals surface area contributed by atoms with E-state index < -0.39 is 5.91 Å². The molecule has 1 fully saturated rings. The van der Waals surface area contributed by atoms with Crippen molar-refractivity contribution < 1.29 is 4.79 Å². The van der Waals surface area contributed by atoms with E-state index in [0.29, 0.717) is 35.0 Å². The Hall–Kier alpha value is -3.44. The number of primary amides is 1.